The summed E-state index contributed by atoms with van der Waals surface area (Å²) >= 11 is 0. The molecule has 1 fully saturated rings. The Morgan fingerprint density at radius 1 is 1.33 bits per heavy atom. The Morgan fingerprint density at radius 2 is 2.07 bits per heavy atom. The summed E-state index contributed by atoms with van der Waals surface area (Å²) < 4.78 is 10.6. The van der Waals surface area contributed by atoms with E-state index in [4.69, 9.17) is 9.47 Å². The van der Waals surface area contributed by atoms with E-state index in [0.29, 0.717) is 12.4 Å². The highest BCUT2D eigenvalue weighted by Gasteiger charge is 2.42. The third-order valence-corrected chi connectivity index (χ3v) is 2.72. The molecule has 0 amide bonds. The third kappa shape index (κ3) is 1.92. The molecule has 0 bridgehead atoms. The topological polar surface area (TPSA) is 38.7 Å². The summed E-state index contributed by atoms with van der Waals surface area (Å²) in [5.41, 5.74) is 0.306. The van der Waals surface area contributed by atoms with Gasteiger partial charge in [0.15, 0.2) is 11.5 Å². The molecule has 2 rings (SSSR count). The molecule has 3 nitrogen and oxygen atoms in total. The predicted molar refractivity (Wildman–Crippen MR) is 57.3 cm³/mol. The molecule has 3 heteroatoms. The summed E-state index contributed by atoms with van der Waals surface area (Å²) in [6.07, 6.45) is 1.67. The molecule has 1 saturated carbocycles. The van der Waals surface area contributed by atoms with E-state index in [1.54, 1.807) is 7.11 Å². The molecule has 82 valence electrons. The average Bonchev–Trinajstić information content (AvgIpc) is 2.99. The van der Waals surface area contributed by atoms with Gasteiger partial charge in [-0.1, -0.05) is 6.07 Å². The van der Waals surface area contributed by atoms with Crippen LogP contribution in [0.25, 0.3) is 0 Å². The maximum Gasteiger partial charge on any atom is 0.161 e. The van der Waals surface area contributed by atoms with Gasteiger partial charge in [0.25, 0.3) is 0 Å². The highest BCUT2D eigenvalue weighted by Crippen LogP contribution is 2.47. The van der Waals surface area contributed by atoms with Crippen LogP contribution >= 0.6 is 0 Å². The number of rotatable bonds is 4. The van der Waals surface area contributed by atoms with Crippen molar-refractivity contribution in [3.05, 3.63) is 23.8 Å². The molecule has 0 aromatic heterocycles. The summed E-state index contributed by atoms with van der Waals surface area (Å²) in [7, 11) is 1.61. The number of methoxy groups -OCH3 is 1. The van der Waals surface area contributed by atoms with Crippen LogP contribution in [0.15, 0.2) is 18.2 Å². The Kier molecular flexibility index (Phi) is 2.57. The summed E-state index contributed by atoms with van der Waals surface area (Å²) in [6.45, 7) is 2.54. The van der Waals surface area contributed by atoms with Crippen molar-refractivity contribution in [1.82, 2.24) is 0 Å². The van der Waals surface area contributed by atoms with E-state index in [1.165, 1.54) is 0 Å². The van der Waals surface area contributed by atoms with Gasteiger partial charge in [0.1, 0.15) is 0 Å². The fraction of sp³-hybridized carbons (Fsp3) is 0.500. The SMILES string of the molecule is CCOc1ccc(C2(O)CC2)cc1OC. The van der Waals surface area contributed by atoms with Crippen LogP contribution < -0.4 is 9.47 Å². The van der Waals surface area contributed by atoms with Crippen molar-refractivity contribution in [2.45, 2.75) is 25.4 Å². The first-order valence-electron chi connectivity index (χ1n) is 5.23. The summed E-state index contributed by atoms with van der Waals surface area (Å²) in [6, 6.07) is 5.62. The molecule has 0 aliphatic heterocycles. The highest BCUT2D eigenvalue weighted by atomic mass is 16.5. The van der Waals surface area contributed by atoms with Crippen LogP contribution in [-0.4, -0.2) is 18.8 Å². The summed E-state index contributed by atoms with van der Waals surface area (Å²) in [4.78, 5) is 0. The van der Waals surface area contributed by atoms with Gasteiger partial charge < -0.3 is 14.6 Å². The molecule has 0 spiro atoms. The Hall–Kier alpha value is -1.22. The van der Waals surface area contributed by atoms with E-state index < -0.39 is 5.60 Å². The summed E-state index contributed by atoms with van der Waals surface area (Å²) in [5.74, 6) is 1.42. The van der Waals surface area contributed by atoms with E-state index in [0.717, 1.165) is 24.2 Å². The molecule has 0 atom stereocenters. The quantitative estimate of drug-likeness (QED) is 0.823. The smallest absolute Gasteiger partial charge is 0.161 e. The third-order valence-electron chi connectivity index (χ3n) is 2.72. The molecule has 1 aromatic carbocycles. The van der Waals surface area contributed by atoms with E-state index in [-0.39, 0.29) is 0 Å². The molecule has 0 heterocycles. The van der Waals surface area contributed by atoms with Gasteiger partial charge in [-0.05, 0) is 37.5 Å². The molecule has 0 saturated heterocycles. The zero-order valence-electron chi connectivity index (χ0n) is 9.12. The lowest BCUT2D eigenvalue weighted by atomic mass is 10.1. The number of ether oxygens (including phenoxy) is 2. The van der Waals surface area contributed by atoms with Crippen LogP contribution in [0.3, 0.4) is 0 Å². The second-order valence-corrected chi connectivity index (χ2v) is 3.83. The molecule has 0 radical (unpaired) electrons. The zero-order chi connectivity index (χ0) is 10.9. The van der Waals surface area contributed by atoms with Crippen LogP contribution in [-0.2, 0) is 5.60 Å². The van der Waals surface area contributed by atoms with E-state index in [1.807, 2.05) is 25.1 Å². The first-order valence-corrected chi connectivity index (χ1v) is 5.23. The van der Waals surface area contributed by atoms with Gasteiger partial charge in [0.05, 0.1) is 19.3 Å². The normalized spacial score (nSPS) is 17.3. The largest absolute Gasteiger partial charge is 0.493 e. The van der Waals surface area contributed by atoms with Crippen molar-refractivity contribution in [2.75, 3.05) is 13.7 Å². The lowest BCUT2D eigenvalue weighted by Gasteiger charge is -2.13. The second-order valence-electron chi connectivity index (χ2n) is 3.83. The van der Waals surface area contributed by atoms with E-state index >= 15 is 0 Å². The minimum atomic E-state index is -0.613. The standard InChI is InChI=1S/C12H16O3/c1-3-15-10-5-4-9(8-11(10)14-2)12(13)6-7-12/h4-5,8,13H,3,6-7H2,1-2H3. The van der Waals surface area contributed by atoms with Gasteiger partial charge in [-0.25, -0.2) is 0 Å². The van der Waals surface area contributed by atoms with E-state index in [9.17, 15) is 5.11 Å². The number of hydrogen-bond acceptors (Lipinski definition) is 3. The van der Waals surface area contributed by atoms with Gasteiger partial charge in [0.2, 0.25) is 0 Å². The monoisotopic (exact) mass is 208 g/mol. The van der Waals surface area contributed by atoms with Crippen molar-refractivity contribution in [3.8, 4) is 11.5 Å². The molecule has 1 aromatic rings. The second kappa shape index (κ2) is 3.74. The minimum Gasteiger partial charge on any atom is -0.493 e. The van der Waals surface area contributed by atoms with Crippen LogP contribution in [0.5, 0.6) is 11.5 Å². The Morgan fingerprint density at radius 3 is 2.60 bits per heavy atom. The lowest BCUT2D eigenvalue weighted by Crippen LogP contribution is -2.05. The van der Waals surface area contributed by atoms with Gasteiger partial charge >= 0.3 is 0 Å². The molecule has 1 N–H and O–H groups in total. The van der Waals surface area contributed by atoms with Crippen molar-refractivity contribution >= 4 is 0 Å². The Labute approximate surface area is 89.6 Å². The zero-order valence-corrected chi connectivity index (χ0v) is 9.12. The molecule has 1 aliphatic carbocycles. The number of benzene rings is 1. The van der Waals surface area contributed by atoms with Gasteiger partial charge in [0, 0.05) is 0 Å². The summed E-state index contributed by atoms with van der Waals surface area (Å²) in [5, 5.41) is 9.94. The Balaban J connectivity index is 2.30. The van der Waals surface area contributed by atoms with Gasteiger partial charge in [-0.3, -0.25) is 0 Å². The molecule has 0 unspecified atom stereocenters. The van der Waals surface area contributed by atoms with Crippen LogP contribution in [0, 0.1) is 0 Å². The van der Waals surface area contributed by atoms with Crippen molar-refractivity contribution in [1.29, 1.82) is 0 Å². The van der Waals surface area contributed by atoms with E-state index in [2.05, 4.69) is 0 Å². The highest BCUT2D eigenvalue weighted by molar-refractivity contribution is 5.45. The van der Waals surface area contributed by atoms with Crippen molar-refractivity contribution in [2.24, 2.45) is 0 Å². The van der Waals surface area contributed by atoms with Crippen LogP contribution in [0.4, 0.5) is 0 Å². The van der Waals surface area contributed by atoms with Crippen LogP contribution in [0.2, 0.25) is 0 Å². The average molecular weight is 208 g/mol. The first kappa shape index (κ1) is 10.3. The molecule has 1 aliphatic rings. The maximum atomic E-state index is 9.94. The molecule has 15 heavy (non-hydrogen) atoms. The van der Waals surface area contributed by atoms with Gasteiger partial charge in [-0.2, -0.15) is 0 Å². The maximum absolute atomic E-state index is 9.94. The van der Waals surface area contributed by atoms with Crippen molar-refractivity contribution in [3.63, 3.8) is 0 Å². The molecular weight excluding hydrogens is 192 g/mol. The lowest BCUT2D eigenvalue weighted by molar-refractivity contribution is 0.151. The van der Waals surface area contributed by atoms with Gasteiger partial charge in [-0.15, -0.1) is 0 Å². The first-order chi connectivity index (χ1) is 7.19. The number of aliphatic hydroxyl groups is 1. The van der Waals surface area contributed by atoms with Crippen LogP contribution in [0.1, 0.15) is 25.3 Å². The predicted octanol–water partition coefficient (Wildman–Crippen LogP) is 2.08. The fourth-order valence-corrected chi connectivity index (χ4v) is 1.64. The Bertz CT molecular complexity index is 356. The van der Waals surface area contributed by atoms with Crippen molar-refractivity contribution < 1.29 is 14.6 Å². The number of hydrogen-bond donors (Lipinski definition) is 1. The minimum absolute atomic E-state index is 0.611. The fourth-order valence-electron chi connectivity index (χ4n) is 1.64. The molecular formula is C12H16O3.